The van der Waals surface area contributed by atoms with Gasteiger partial charge in [0.2, 0.25) is 5.56 Å². The normalized spacial score (nSPS) is 12.2. The number of aromatic nitrogens is 1. The first kappa shape index (κ1) is 15.6. The van der Waals surface area contributed by atoms with E-state index in [-0.39, 0.29) is 10.5 Å². The highest BCUT2D eigenvalue weighted by atomic mass is 32.3. The maximum atomic E-state index is 11.5. The van der Waals surface area contributed by atoms with Crippen LogP contribution < -0.4 is 15.4 Å². The third-order valence-electron chi connectivity index (χ3n) is 2.99. The number of nitrogens with two attached hydrogens (primary N) is 1. The maximum absolute atomic E-state index is 11.5. The van der Waals surface area contributed by atoms with Gasteiger partial charge < -0.3 is 9.30 Å². The van der Waals surface area contributed by atoms with Crippen LogP contribution in [0.25, 0.3) is 11.1 Å². The Kier molecular flexibility index (Phi) is 4.38. The topological polar surface area (TPSA) is 97.7 Å². The number of nitrogens with zero attached hydrogens (tertiary/aromatic N) is 1. The number of ether oxygens (including phenoxy) is 1. The minimum atomic E-state index is -3.31. The largest absolute Gasteiger partial charge is 0.493 e. The van der Waals surface area contributed by atoms with Gasteiger partial charge >= 0.3 is 0 Å². The summed E-state index contributed by atoms with van der Waals surface area (Å²) in [5.74, 6) is 0.587. The van der Waals surface area contributed by atoms with Crippen LogP contribution in [0.1, 0.15) is 6.92 Å². The maximum Gasteiger partial charge on any atom is 0.250 e. The fraction of sp³-hybridized carbons (Fsp3) is 0.214. The molecular formula is C14H18N2O4S. The van der Waals surface area contributed by atoms with Crippen LogP contribution in [0.2, 0.25) is 0 Å². The summed E-state index contributed by atoms with van der Waals surface area (Å²) in [6.45, 7) is 2.33. The molecule has 0 atom stereocenters. The molecule has 4 N–H and O–H groups in total. The third kappa shape index (κ3) is 3.45. The van der Waals surface area contributed by atoms with E-state index in [1.807, 2.05) is 6.92 Å². The van der Waals surface area contributed by atoms with Crippen molar-refractivity contribution in [3.05, 3.63) is 46.9 Å². The first-order valence-electron chi connectivity index (χ1n) is 6.33. The second-order valence-electron chi connectivity index (χ2n) is 4.55. The van der Waals surface area contributed by atoms with Gasteiger partial charge in [-0.2, -0.15) is 0 Å². The Labute approximate surface area is 124 Å². The quantitative estimate of drug-likeness (QED) is 0.805. The van der Waals surface area contributed by atoms with Crippen LogP contribution in [0.4, 0.5) is 0 Å². The van der Waals surface area contributed by atoms with Crippen LogP contribution in [-0.2, 0) is 7.05 Å². The van der Waals surface area contributed by atoms with Gasteiger partial charge in [-0.05, 0) is 31.2 Å². The Balaban J connectivity index is 2.62. The minimum Gasteiger partial charge on any atom is -0.493 e. The zero-order valence-electron chi connectivity index (χ0n) is 11.8. The van der Waals surface area contributed by atoms with Gasteiger partial charge in [0.25, 0.3) is 0 Å². The van der Waals surface area contributed by atoms with E-state index >= 15 is 0 Å². The molecule has 0 aliphatic heterocycles. The molecule has 21 heavy (non-hydrogen) atoms. The third-order valence-corrected chi connectivity index (χ3v) is 3.94. The van der Waals surface area contributed by atoms with E-state index in [0.29, 0.717) is 17.9 Å². The van der Waals surface area contributed by atoms with Gasteiger partial charge in [-0.25, -0.2) is 5.14 Å². The van der Waals surface area contributed by atoms with E-state index in [0.717, 1.165) is 5.56 Å². The van der Waals surface area contributed by atoms with Crippen LogP contribution in [0.5, 0.6) is 5.75 Å². The molecule has 7 heteroatoms. The van der Waals surface area contributed by atoms with Gasteiger partial charge in [-0.3, -0.25) is 13.9 Å². The zero-order valence-corrected chi connectivity index (χ0v) is 12.6. The summed E-state index contributed by atoms with van der Waals surface area (Å²) in [6, 6.07) is 7.83. The Morgan fingerprint density at radius 1 is 1.29 bits per heavy atom. The molecule has 0 amide bonds. The Hall–Kier alpha value is -1.80. The van der Waals surface area contributed by atoms with Crippen LogP contribution >= 0.6 is 10.8 Å². The number of rotatable bonds is 4. The standard InChI is InChI=1S/C14H18N2O4S/c1-3-20-13-6-5-11(21(15,18)19)8-12(13)10-4-7-14(17)16(2)9-10/h4-9,18-19H,3,15H2,1-2H3. The smallest absolute Gasteiger partial charge is 0.250 e. The predicted molar refractivity (Wildman–Crippen MR) is 83.6 cm³/mol. The first-order chi connectivity index (χ1) is 9.82. The molecule has 0 aliphatic carbocycles. The van der Waals surface area contributed by atoms with Crippen molar-refractivity contribution in [3.8, 4) is 16.9 Å². The second-order valence-corrected chi connectivity index (χ2v) is 6.21. The predicted octanol–water partition coefficient (Wildman–Crippen LogP) is 2.43. The Morgan fingerprint density at radius 3 is 2.57 bits per heavy atom. The van der Waals surface area contributed by atoms with E-state index in [9.17, 15) is 13.9 Å². The fourth-order valence-corrected chi connectivity index (χ4v) is 2.52. The number of hydrogen-bond acceptors (Lipinski definition) is 5. The van der Waals surface area contributed by atoms with Crippen molar-refractivity contribution in [2.24, 2.45) is 12.2 Å². The fourth-order valence-electron chi connectivity index (χ4n) is 1.96. The van der Waals surface area contributed by atoms with Gasteiger partial charge in [-0.1, -0.05) is 0 Å². The monoisotopic (exact) mass is 310 g/mol. The lowest BCUT2D eigenvalue weighted by Gasteiger charge is -2.27. The number of aryl methyl sites for hydroxylation is 1. The van der Waals surface area contributed by atoms with Gasteiger partial charge in [0.15, 0.2) is 0 Å². The number of benzene rings is 1. The summed E-state index contributed by atoms with van der Waals surface area (Å²) >= 11 is 0. The second kappa shape index (κ2) is 5.90. The molecule has 2 aromatic rings. The summed E-state index contributed by atoms with van der Waals surface area (Å²) in [7, 11) is -1.66. The van der Waals surface area contributed by atoms with Crippen LogP contribution in [0, 0.1) is 0 Å². The first-order valence-corrected chi connectivity index (χ1v) is 7.94. The molecule has 0 spiro atoms. The average Bonchev–Trinajstić information content (AvgIpc) is 2.41. The van der Waals surface area contributed by atoms with Crippen LogP contribution in [0.3, 0.4) is 0 Å². The molecule has 1 heterocycles. The molecule has 1 aromatic carbocycles. The summed E-state index contributed by atoms with van der Waals surface area (Å²) in [5.41, 5.74) is 1.25. The lowest BCUT2D eigenvalue weighted by Crippen LogP contribution is -2.14. The molecule has 0 unspecified atom stereocenters. The molecule has 0 saturated heterocycles. The van der Waals surface area contributed by atoms with Crippen molar-refractivity contribution >= 4 is 10.8 Å². The molecule has 2 rings (SSSR count). The Morgan fingerprint density at radius 2 is 2.00 bits per heavy atom. The van der Waals surface area contributed by atoms with Crippen molar-refractivity contribution in [1.82, 2.24) is 4.57 Å². The zero-order chi connectivity index (χ0) is 15.6. The molecule has 114 valence electrons. The number of pyridine rings is 1. The van der Waals surface area contributed by atoms with E-state index in [1.165, 1.54) is 16.7 Å². The summed E-state index contributed by atoms with van der Waals surface area (Å²) in [6.07, 6.45) is 1.66. The Bertz CT molecular complexity index is 707. The van der Waals surface area contributed by atoms with Crippen molar-refractivity contribution < 1.29 is 13.8 Å². The highest BCUT2D eigenvalue weighted by molar-refractivity contribution is 8.22. The van der Waals surface area contributed by atoms with E-state index in [2.05, 4.69) is 0 Å². The van der Waals surface area contributed by atoms with Crippen molar-refractivity contribution in [1.29, 1.82) is 0 Å². The van der Waals surface area contributed by atoms with Crippen LogP contribution in [-0.4, -0.2) is 20.3 Å². The lowest BCUT2D eigenvalue weighted by molar-refractivity contribution is 0.341. The highest BCUT2D eigenvalue weighted by Crippen LogP contribution is 2.43. The van der Waals surface area contributed by atoms with E-state index < -0.39 is 10.8 Å². The molecule has 0 aliphatic rings. The molecule has 0 fully saturated rings. The van der Waals surface area contributed by atoms with Gasteiger partial charge in [0.1, 0.15) is 5.75 Å². The van der Waals surface area contributed by atoms with Gasteiger partial charge in [0, 0.05) is 30.4 Å². The minimum absolute atomic E-state index is 0.129. The lowest BCUT2D eigenvalue weighted by atomic mass is 10.1. The average molecular weight is 310 g/mol. The summed E-state index contributed by atoms with van der Waals surface area (Å²) < 4.78 is 26.2. The molecule has 6 nitrogen and oxygen atoms in total. The van der Waals surface area contributed by atoms with E-state index in [1.54, 1.807) is 31.4 Å². The van der Waals surface area contributed by atoms with Gasteiger partial charge in [0.05, 0.1) is 11.5 Å². The van der Waals surface area contributed by atoms with Crippen molar-refractivity contribution in [2.45, 2.75) is 11.8 Å². The van der Waals surface area contributed by atoms with Crippen molar-refractivity contribution in [3.63, 3.8) is 0 Å². The SMILES string of the molecule is CCOc1ccc(S(N)(O)O)cc1-c1ccc(=O)n(C)c1. The summed E-state index contributed by atoms with van der Waals surface area (Å²) in [5, 5.41) is 5.38. The molecule has 0 saturated carbocycles. The van der Waals surface area contributed by atoms with Gasteiger partial charge in [-0.15, -0.1) is 10.8 Å². The molecular weight excluding hydrogens is 292 g/mol. The summed E-state index contributed by atoms with van der Waals surface area (Å²) in [4.78, 5) is 11.7. The van der Waals surface area contributed by atoms with Crippen LogP contribution in [0.15, 0.2) is 46.2 Å². The number of hydrogen-bond donors (Lipinski definition) is 3. The molecule has 0 radical (unpaired) electrons. The van der Waals surface area contributed by atoms with E-state index in [4.69, 9.17) is 9.88 Å². The highest BCUT2D eigenvalue weighted by Gasteiger charge is 2.15. The molecule has 1 aromatic heterocycles. The van der Waals surface area contributed by atoms with Crippen molar-refractivity contribution in [2.75, 3.05) is 6.61 Å². The molecule has 0 bridgehead atoms.